The van der Waals surface area contributed by atoms with Gasteiger partial charge in [-0.25, -0.2) is 4.79 Å². The van der Waals surface area contributed by atoms with Crippen LogP contribution in [0.4, 0.5) is 0 Å². The van der Waals surface area contributed by atoms with Crippen LogP contribution < -0.4 is 0 Å². The molecule has 0 spiro atoms. The lowest BCUT2D eigenvalue weighted by atomic mass is 10.0. The molecule has 0 aromatic heterocycles. The van der Waals surface area contributed by atoms with Gasteiger partial charge in [-0.2, -0.15) is 0 Å². The third-order valence-corrected chi connectivity index (χ3v) is 17.7. The van der Waals surface area contributed by atoms with Gasteiger partial charge in [0.15, 0.2) is 6.10 Å². The van der Waals surface area contributed by atoms with Crippen molar-refractivity contribution in [2.75, 3.05) is 47.5 Å². The Morgan fingerprint density at radius 3 is 0.825 bits per heavy atom. The quantitative estimate of drug-likeness (QED) is 0.0211. The molecule has 0 fully saturated rings. The lowest BCUT2D eigenvalue weighted by Crippen LogP contribution is -2.40. The zero-order chi connectivity index (χ0) is 70.4. The van der Waals surface area contributed by atoms with Crippen molar-refractivity contribution in [2.24, 2.45) is 0 Å². The lowest BCUT2D eigenvalue weighted by molar-refractivity contribution is -0.870. The van der Waals surface area contributed by atoms with E-state index in [9.17, 15) is 19.5 Å². The topological polar surface area (TPSA) is 108 Å². The van der Waals surface area contributed by atoms with Crippen LogP contribution in [-0.4, -0.2) is 87.4 Å². The molecule has 0 rings (SSSR count). The van der Waals surface area contributed by atoms with Crippen molar-refractivity contribution in [2.45, 2.75) is 373 Å². The predicted molar refractivity (Wildman–Crippen MR) is 419 cm³/mol. The molecule has 0 heterocycles. The van der Waals surface area contributed by atoms with E-state index >= 15 is 0 Å². The molecule has 1 N–H and O–H groups in total. The second-order valence-electron chi connectivity index (χ2n) is 28.3. The number of carbonyl (C=O) groups excluding carboxylic acids is 2. The van der Waals surface area contributed by atoms with Crippen LogP contribution in [0.1, 0.15) is 361 Å². The molecule has 558 valence electrons. The Labute approximate surface area is 599 Å². The van der Waals surface area contributed by atoms with E-state index in [2.05, 4.69) is 135 Å². The van der Waals surface area contributed by atoms with E-state index in [-0.39, 0.29) is 38.2 Å². The monoisotopic (exact) mass is 1350 g/mol. The number of carboxylic acids is 1. The minimum atomic E-state index is -1.51. The van der Waals surface area contributed by atoms with Gasteiger partial charge in [0.1, 0.15) is 13.2 Å². The minimum Gasteiger partial charge on any atom is -0.477 e. The first kappa shape index (κ1) is 92.7. The van der Waals surface area contributed by atoms with Gasteiger partial charge in [0, 0.05) is 12.8 Å². The summed E-state index contributed by atoms with van der Waals surface area (Å²) in [4.78, 5) is 37.8. The van der Waals surface area contributed by atoms with Crippen LogP contribution in [0.2, 0.25) is 0 Å². The summed E-state index contributed by atoms with van der Waals surface area (Å²) in [6.45, 7) is 4.69. The van der Waals surface area contributed by atoms with E-state index in [0.29, 0.717) is 17.4 Å². The fourth-order valence-electron chi connectivity index (χ4n) is 11.6. The maximum Gasteiger partial charge on any atom is 0.361 e. The number of rotatable bonds is 75. The molecule has 9 heteroatoms. The highest BCUT2D eigenvalue weighted by Crippen LogP contribution is 2.19. The Morgan fingerprint density at radius 1 is 0.309 bits per heavy atom. The number of quaternary nitrogens is 1. The van der Waals surface area contributed by atoms with Crippen molar-refractivity contribution in [3.05, 3.63) is 122 Å². The number of allylic oxidation sites excluding steroid dienone is 20. The van der Waals surface area contributed by atoms with Gasteiger partial charge in [-0.3, -0.25) is 9.59 Å². The highest BCUT2D eigenvalue weighted by Gasteiger charge is 2.25. The first-order valence-electron chi connectivity index (χ1n) is 40.7. The SMILES string of the molecule is CC/C=C\C/C=C\C/C=C\C/C=C\C/C=C\CCCCCCCCCCCCCCCCCCCCCCCCCC(=O)OC(COC(=O)CCCCCCCCCCCCCCCCCCC/C=C\C/C=C\C/C=C\C/C=C\C/C=C\CC)COC(OCC[N+](C)(C)C)C(=O)O. The predicted octanol–water partition coefficient (Wildman–Crippen LogP) is 26.3. The zero-order valence-corrected chi connectivity index (χ0v) is 64.0. The fourth-order valence-corrected chi connectivity index (χ4v) is 11.6. The number of nitrogens with zero attached hydrogens (tertiary/aromatic N) is 1. The number of carboxylic acid groups (broad SMARTS) is 1. The minimum absolute atomic E-state index is 0.181. The number of likely N-dealkylation sites (N-methyl/N-ethyl adjacent to an activating group) is 1. The van der Waals surface area contributed by atoms with Crippen LogP contribution in [0.3, 0.4) is 0 Å². The highest BCUT2D eigenvalue weighted by atomic mass is 16.7. The van der Waals surface area contributed by atoms with Crippen molar-refractivity contribution in [1.29, 1.82) is 0 Å². The van der Waals surface area contributed by atoms with Crippen molar-refractivity contribution in [3.8, 4) is 0 Å². The third kappa shape index (κ3) is 78.9. The Morgan fingerprint density at radius 2 is 0.557 bits per heavy atom. The van der Waals surface area contributed by atoms with Crippen molar-refractivity contribution >= 4 is 17.9 Å². The van der Waals surface area contributed by atoms with E-state index in [1.807, 2.05) is 21.1 Å². The number of esters is 2. The number of hydrogen-bond acceptors (Lipinski definition) is 7. The van der Waals surface area contributed by atoms with Crippen molar-refractivity contribution in [3.63, 3.8) is 0 Å². The summed E-state index contributed by atoms with van der Waals surface area (Å²) in [5.41, 5.74) is 0. The summed E-state index contributed by atoms with van der Waals surface area (Å²) in [5.74, 6) is -1.99. The molecule has 0 amide bonds. The Bertz CT molecular complexity index is 2020. The van der Waals surface area contributed by atoms with Gasteiger partial charge in [-0.1, -0.05) is 367 Å². The van der Waals surface area contributed by atoms with E-state index in [1.165, 1.54) is 231 Å². The molecule has 0 aliphatic carbocycles. The first-order chi connectivity index (χ1) is 47.6. The summed E-state index contributed by atoms with van der Waals surface area (Å²) in [6.07, 6.45) is 108. The van der Waals surface area contributed by atoms with Crippen LogP contribution >= 0.6 is 0 Å². The molecule has 0 radical (unpaired) electrons. The van der Waals surface area contributed by atoms with Gasteiger partial charge in [-0.05, 0) is 103 Å². The molecule has 0 saturated heterocycles. The van der Waals surface area contributed by atoms with E-state index < -0.39 is 18.4 Å². The number of aliphatic carboxylic acids is 1. The number of unbranched alkanes of at least 4 members (excludes halogenated alkanes) is 40. The molecule has 0 aromatic rings. The molecule has 2 atom stereocenters. The molecular weight excluding hydrogens is 1200 g/mol. The standard InChI is InChI=1S/C88H153NO8/c1-6-8-10-12-14-16-18-20-22-24-26-28-30-32-34-36-38-40-41-42-43-44-45-47-49-51-53-55-57-59-61-63-65-67-69-71-73-75-77-79-86(91)97-84(83-96-88(87(92)93)94-81-80-89(3,4)5)82-95-85(90)78-76-74-72-70-68-66-64-62-60-58-56-54-52-50-48-46-39-37-35-33-31-29-27-25-23-21-19-17-15-13-11-9-7-2/h8-11,14-17,20-23,26-29,32-35,84,88H,6-7,12-13,18-19,24-25,30-31,36-83H2,1-5H3/p+1/b10-8-,11-9-,16-14-,17-15-,22-20-,23-21-,28-26-,29-27-,34-32-,35-33-. The molecule has 0 aliphatic heterocycles. The Balaban J connectivity index is 3.99. The average molecular weight is 1350 g/mol. The molecule has 0 aliphatic rings. The third-order valence-electron chi connectivity index (χ3n) is 17.7. The van der Waals surface area contributed by atoms with Crippen LogP contribution in [0, 0.1) is 0 Å². The fraction of sp³-hybridized carbons (Fsp3) is 0.739. The van der Waals surface area contributed by atoms with Gasteiger partial charge in [0.2, 0.25) is 0 Å². The largest absolute Gasteiger partial charge is 0.477 e. The summed E-state index contributed by atoms with van der Waals surface area (Å²) in [6, 6.07) is 0. The number of hydrogen-bond donors (Lipinski definition) is 1. The average Bonchev–Trinajstić information content (AvgIpc) is 2.39. The maximum atomic E-state index is 13.0. The Kier molecular flexibility index (Phi) is 74.0. The van der Waals surface area contributed by atoms with Crippen molar-refractivity contribution < 1.29 is 42.9 Å². The second kappa shape index (κ2) is 77.4. The molecule has 0 saturated carbocycles. The molecule has 2 unspecified atom stereocenters. The van der Waals surface area contributed by atoms with Crippen LogP contribution in [0.25, 0.3) is 0 Å². The first-order valence-corrected chi connectivity index (χ1v) is 40.7. The zero-order valence-electron chi connectivity index (χ0n) is 64.0. The van der Waals surface area contributed by atoms with Gasteiger partial charge in [0.25, 0.3) is 6.29 Å². The summed E-state index contributed by atoms with van der Waals surface area (Å²) >= 11 is 0. The van der Waals surface area contributed by atoms with Gasteiger partial charge in [0.05, 0.1) is 34.4 Å². The smallest absolute Gasteiger partial charge is 0.361 e. The Hall–Kier alpha value is -4.31. The van der Waals surface area contributed by atoms with E-state index in [0.717, 1.165) is 103 Å². The van der Waals surface area contributed by atoms with Crippen molar-refractivity contribution in [1.82, 2.24) is 0 Å². The van der Waals surface area contributed by atoms with E-state index in [4.69, 9.17) is 18.9 Å². The normalized spacial score (nSPS) is 13.3. The van der Waals surface area contributed by atoms with Crippen LogP contribution in [-0.2, 0) is 33.3 Å². The lowest BCUT2D eigenvalue weighted by Gasteiger charge is -2.25. The van der Waals surface area contributed by atoms with Crippen LogP contribution in [0.5, 0.6) is 0 Å². The van der Waals surface area contributed by atoms with Crippen LogP contribution in [0.15, 0.2) is 122 Å². The molecule has 0 bridgehead atoms. The molecular formula is C88H154NO8+. The summed E-state index contributed by atoms with van der Waals surface area (Å²) in [7, 11) is 5.99. The maximum absolute atomic E-state index is 13.0. The number of ether oxygens (including phenoxy) is 4. The van der Waals surface area contributed by atoms with E-state index in [1.54, 1.807) is 0 Å². The molecule has 0 aromatic carbocycles. The second-order valence-corrected chi connectivity index (χ2v) is 28.3. The highest BCUT2D eigenvalue weighted by molar-refractivity contribution is 5.71. The summed E-state index contributed by atoms with van der Waals surface area (Å²) < 4.78 is 23.1. The van der Waals surface area contributed by atoms with Gasteiger partial charge in [-0.15, -0.1) is 0 Å². The van der Waals surface area contributed by atoms with Gasteiger partial charge >= 0.3 is 17.9 Å². The molecule has 9 nitrogen and oxygen atoms in total. The summed E-state index contributed by atoms with van der Waals surface area (Å²) in [5, 5.41) is 9.78. The number of carbonyl (C=O) groups is 3. The van der Waals surface area contributed by atoms with Gasteiger partial charge < -0.3 is 28.5 Å². The molecule has 97 heavy (non-hydrogen) atoms.